The first kappa shape index (κ1) is 13.3. The molecule has 0 spiro atoms. The molecule has 0 saturated carbocycles. The van der Waals surface area contributed by atoms with Gasteiger partial charge >= 0.3 is 6.09 Å². The molecule has 92 valence electrons. The molecule has 16 heavy (non-hydrogen) atoms. The van der Waals surface area contributed by atoms with E-state index in [9.17, 15) is 4.79 Å². The molecule has 1 N–H and O–H groups in total. The molecule has 0 aromatic heterocycles. The molecule has 5 heteroatoms. The number of unbranched alkanes of at least 4 members (excludes halogenated alkanes) is 1. The summed E-state index contributed by atoms with van der Waals surface area (Å²) in [7, 11) is 0. The molecule has 1 fully saturated rings. The highest BCUT2D eigenvalue weighted by atomic mass is 35.5. The lowest BCUT2D eigenvalue weighted by Gasteiger charge is -2.14. The van der Waals surface area contributed by atoms with Crippen molar-refractivity contribution >= 4 is 17.7 Å². The lowest BCUT2D eigenvalue weighted by Crippen LogP contribution is -2.37. The second-order valence-electron chi connectivity index (χ2n) is 3.66. The van der Waals surface area contributed by atoms with Crippen molar-refractivity contribution in [3.8, 4) is 0 Å². The topological polar surface area (TPSA) is 47.6 Å². The van der Waals surface area contributed by atoms with Crippen molar-refractivity contribution in [2.24, 2.45) is 0 Å². The average molecular weight is 248 g/mol. The fraction of sp³-hybridized carbons (Fsp3) is 0.727. The van der Waals surface area contributed by atoms with E-state index in [1.54, 1.807) is 0 Å². The second-order valence-corrected chi connectivity index (χ2v) is 4.22. The number of rotatable bonds is 7. The molecular weight excluding hydrogens is 230 g/mol. The van der Waals surface area contributed by atoms with E-state index in [1.165, 1.54) is 0 Å². The van der Waals surface area contributed by atoms with E-state index in [2.05, 4.69) is 18.3 Å². The number of carbonyl (C=O) groups is 1. The number of alkyl halides is 1. The minimum Gasteiger partial charge on any atom is -0.447 e. The molecule has 0 bridgehead atoms. The number of hydrogen-bond donors (Lipinski definition) is 1. The van der Waals surface area contributed by atoms with Gasteiger partial charge in [0.05, 0.1) is 24.6 Å². The highest BCUT2D eigenvalue weighted by Crippen LogP contribution is 2.09. The maximum absolute atomic E-state index is 10.8. The summed E-state index contributed by atoms with van der Waals surface area (Å²) in [6.45, 7) is 3.42. The molecule has 1 unspecified atom stereocenters. The number of cyclic esters (lactones) is 1. The quantitative estimate of drug-likeness (QED) is 0.426. The fourth-order valence-corrected chi connectivity index (χ4v) is 1.54. The summed E-state index contributed by atoms with van der Waals surface area (Å²) in [6.07, 6.45) is 5.87. The molecule has 0 aliphatic carbocycles. The van der Waals surface area contributed by atoms with Gasteiger partial charge in [0.2, 0.25) is 0 Å². The first-order valence-corrected chi connectivity index (χ1v) is 5.97. The molecule has 1 heterocycles. The maximum Gasteiger partial charge on any atom is 0.407 e. The minimum absolute atomic E-state index is 0.145. The lowest BCUT2D eigenvalue weighted by atomic mass is 10.2. The van der Waals surface area contributed by atoms with Gasteiger partial charge in [-0.15, -0.1) is 11.6 Å². The molecule has 0 aromatic carbocycles. The Labute approximate surface area is 101 Å². The van der Waals surface area contributed by atoms with E-state index in [-0.39, 0.29) is 11.4 Å². The number of nitrogens with one attached hydrogen (secondary N) is 1. The zero-order valence-corrected chi connectivity index (χ0v) is 10.2. The van der Waals surface area contributed by atoms with Crippen molar-refractivity contribution < 1.29 is 14.3 Å². The third-order valence-corrected chi connectivity index (χ3v) is 2.68. The molecule has 0 aromatic rings. The molecule has 1 aliphatic heterocycles. The highest BCUT2D eigenvalue weighted by Gasteiger charge is 2.28. The van der Waals surface area contributed by atoms with Crippen LogP contribution < -0.4 is 5.32 Å². The first-order chi connectivity index (χ1) is 7.74. The third kappa shape index (κ3) is 4.86. The van der Waals surface area contributed by atoms with Crippen LogP contribution in [0.4, 0.5) is 4.79 Å². The van der Waals surface area contributed by atoms with Gasteiger partial charge in [0, 0.05) is 0 Å². The molecule has 1 amide bonds. The molecule has 1 aliphatic rings. The van der Waals surface area contributed by atoms with Gasteiger partial charge < -0.3 is 14.8 Å². The molecule has 1 saturated heterocycles. The van der Waals surface area contributed by atoms with E-state index < -0.39 is 6.09 Å². The van der Waals surface area contributed by atoms with Gasteiger partial charge in [-0.2, -0.15) is 0 Å². The van der Waals surface area contributed by atoms with E-state index >= 15 is 0 Å². The highest BCUT2D eigenvalue weighted by molar-refractivity contribution is 6.21. The summed E-state index contributed by atoms with van der Waals surface area (Å²) in [5, 5.41) is 2.38. The smallest absolute Gasteiger partial charge is 0.407 e. The SMILES string of the molecule is CCC/C=C\COCC(Cl)[C@H]1COC(=O)N1. The standard InChI is InChI=1S/C11H18ClNO3/c1-2-3-4-5-6-15-7-9(12)10-8-16-11(14)13-10/h4-5,9-10H,2-3,6-8H2,1H3,(H,13,14)/b5-4-/t9?,10-/m1/s1. The van der Waals surface area contributed by atoms with Crippen molar-refractivity contribution in [2.75, 3.05) is 19.8 Å². The van der Waals surface area contributed by atoms with Crippen LogP contribution in [0.15, 0.2) is 12.2 Å². The Balaban J connectivity index is 2.06. The Kier molecular flexibility index (Phi) is 6.26. The van der Waals surface area contributed by atoms with Crippen molar-refractivity contribution in [3.05, 3.63) is 12.2 Å². The second kappa shape index (κ2) is 7.52. The Morgan fingerprint density at radius 1 is 1.69 bits per heavy atom. The summed E-state index contributed by atoms with van der Waals surface area (Å²) in [5.41, 5.74) is 0. The van der Waals surface area contributed by atoms with Crippen LogP contribution in [-0.4, -0.2) is 37.3 Å². The van der Waals surface area contributed by atoms with Gasteiger partial charge in [-0.3, -0.25) is 0 Å². The largest absolute Gasteiger partial charge is 0.447 e. The van der Waals surface area contributed by atoms with E-state index in [0.29, 0.717) is 19.8 Å². The predicted molar refractivity (Wildman–Crippen MR) is 62.8 cm³/mol. The summed E-state index contributed by atoms with van der Waals surface area (Å²) in [4.78, 5) is 10.8. The Morgan fingerprint density at radius 3 is 3.12 bits per heavy atom. The van der Waals surface area contributed by atoms with Crippen LogP contribution in [0.1, 0.15) is 19.8 Å². The third-order valence-electron chi connectivity index (χ3n) is 2.25. The number of hydrogen-bond acceptors (Lipinski definition) is 3. The van der Waals surface area contributed by atoms with E-state index in [1.807, 2.05) is 6.08 Å². The van der Waals surface area contributed by atoms with E-state index in [4.69, 9.17) is 21.1 Å². The molecular formula is C11H18ClNO3. The van der Waals surface area contributed by atoms with Crippen LogP contribution in [0.25, 0.3) is 0 Å². The Bertz CT molecular complexity index is 245. The zero-order valence-electron chi connectivity index (χ0n) is 9.45. The van der Waals surface area contributed by atoms with Crippen LogP contribution >= 0.6 is 11.6 Å². The van der Waals surface area contributed by atoms with Gasteiger partial charge in [-0.05, 0) is 6.42 Å². The van der Waals surface area contributed by atoms with Crippen LogP contribution in [0, 0.1) is 0 Å². The Morgan fingerprint density at radius 2 is 2.50 bits per heavy atom. The number of allylic oxidation sites excluding steroid dienone is 1. The van der Waals surface area contributed by atoms with Crippen molar-refractivity contribution in [2.45, 2.75) is 31.2 Å². The van der Waals surface area contributed by atoms with Crippen LogP contribution in [0.2, 0.25) is 0 Å². The number of halogens is 1. The van der Waals surface area contributed by atoms with E-state index in [0.717, 1.165) is 12.8 Å². The summed E-state index contributed by atoms with van der Waals surface area (Å²) in [5.74, 6) is 0. The first-order valence-electron chi connectivity index (χ1n) is 5.54. The number of carbonyl (C=O) groups excluding carboxylic acids is 1. The van der Waals surface area contributed by atoms with Crippen molar-refractivity contribution in [1.29, 1.82) is 0 Å². The summed E-state index contributed by atoms with van der Waals surface area (Å²) in [6, 6.07) is -0.145. The molecule has 4 nitrogen and oxygen atoms in total. The predicted octanol–water partition coefficient (Wildman–Crippen LogP) is 2.08. The normalized spacial score (nSPS) is 22.1. The molecule has 0 radical (unpaired) electrons. The number of alkyl carbamates (subject to hydrolysis) is 1. The van der Waals surface area contributed by atoms with Crippen LogP contribution in [0.3, 0.4) is 0 Å². The minimum atomic E-state index is -0.404. The maximum atomic E-state index is 10.8. The van der Waals surface area contributed by atoms with Gasteiger partial charge in [-0.1, -0.05) is 25.5 Å². The van der Waals surface area contributed by atoms with Crippen molar-refractivity contribution in [1.82, 2.24) is 5.32 Å². The summed E-state index contributed by atoms with van der Waals surface area (Å²) < 4.78 is 10.1. The van der Waals surface area contributed by atoms with Crippen LogP contribution in [-0.2, 0) is 9.47 Å². The zero-order chi connectivity index (χ0) is 11.8. The monoisotopic (exact) mass is 247 g/mol. The van der Waals surface area contributed by atoms with Gasteiger partial charge in [0.25, 0.3) is 0 Å². The fourth-order valence-electron chi connectivity index (χ4n) is 1.31. The lowest BCUT2D eigenvalue weighted by molar-refractivity contribution is 0.150. The summed E-state index contributed by atoms with van der Waals surface area (Å²) >= 11 is 6.05. The number of ether oxygens (including phenoxy) is 2. The van der Waals surface area contributed by atoms with Crippen molar-refractivity contribution in [3.63, 3.8) is 0 Å². The molecule has 1 rings (SSSR count). The van der Waals surface area contributed by atoms with Gasteiger partial charge in [-0.25, -0.2) is 4.79 Å². The van der Waals surface area contributed by atoms with Gasteiger partial charge in [0.15, 0.2) is 0 Å². The molecule has 2 atom stereocenters. The Hall–Kier alpha value is -0.740. The number of amides is 1. The van der Waals surface area contributed by atoms with Gasteiger partial charge in [0.1, 0.15) is 6.61 Å². The average Bonchev–Trinajstić information content (AvgIpc) is 2.70. The van der Waals surface area contributed by atoms with Crippen LogP contribution in [0.5, 0.6) is 0 Å².